The van der Waals surface area contributed by atoms with E-state index < -0.39 is 0 Å². The standard InChI is InChI=1S/C36H45N3O3/c1-25-20-29(8-13-33(25)42-2)36-17-14-35(15-18-36,16-19-36)24-38(34(41)26-6-11-32(40)12-7-26)31-5-3-4-27(21-31)28-22-37-39(23-28)30-9-10-30/h3-5,8,13,20-23,26,30,32,40H,6-7,9-12,14-19,24H2,1-2H3. The number of hydrogen-bond donors (Lipinski definition) is 1. The van der Waals surface area contributed by atoms with Crippen LogP contribution in [0, 0.1) is 18.3 Å². The number of aromatic nitrogens is 2. The molecule has 5 fully saturated rings. The molecule has 222 valence electrons. The van der Waals surface area contributed by atoms with Crippen LogP contribution < -0.4 is 9.64 Å². The van der Waals surface area contributed by atoms with Crippen molar-refractivity contribution in [3.8, 4) is 16.9 Å². The van der Waals surface area contributed by atoms with Crippen molar-refractivity contribution < 1.29 is 14.6 Å². The third-order valence-corrected chi connectivity index (χ3v) is 11.2. The van der Waals surface area contributed by atoms with E-state index in [1.165, 1.54) is 43.2 Å². The van der Waals surface area contributed by atoms with Gasteiger partial charge in [0.1, 0.15) is 5.75 Å². The van der Waals surface area contributed by atoms with Gasteiger partial charge in [0.2, 0.25) is 5.91 Å². The predicted octanol–water partition coefficient (Wildman–Crippen LogP) is 7.38. The van der Waals surface area contributed by atoms with E-state index in [1.54, 1.807) is 7.11 Å². The Kier molecular flexibility index (Phi) is 7.16. The summed E-state index contributed by atoms with van der Waals surface area (Å²) in [6.45, 7) is 2.93. The first-order chi connectivity index (χ1) is 20.4. The van der Waals surface area contributed by atoms with Crippen LogP contribution in [0.4, 0.5) is 5.69 Å². The van der Waals surface area contributed by atoms with Gasteiger partial charge in [0.15, 0.2) is 0 Å². The molecule has 1 aromatic heterocycles. The quantitative estimate of drug-likeness (QED) is 0.308. The zero-order valence-electron chi connectivity index (χ0n) is 25.2. The summed E-state index contributed by atoms with van der Waals surface area (Å²) < 4.78 is 7.63. The monoisotopic (exact) mass is 567 g/mol. The van der Waals surface area contributed by atoms with Crippen molar-refractivity contribution in [2.45, 2.75) is 102 Å². The molecule has 1 N–H and O–H groups in total. The van der Waals surface area contributed by atoms with Crippen molar-refractivity contribution >= 4 is 11.6 Å². The van der Waals surface area contributed by atoms with Gasteiger partial charge in [-0.05, 0) is 130 Å². The molecule has 5 aliphatic rings. The second kappa shape index (κ2) is 10.9. The van der Waals surface area contributed by atoms with Crippen LogP contribution in [0.25, 0.3) is 11.1 Å². The molecule has 6 nitrogen and oxygen atoms in total. The molecule has 0 saturated heterocycles. The summed E-state index contributed by atoms with van der Waals surface area (Å²) in [5, 5.41) is 14.8. The van der Waals surface area contributed by atoms with Gasteiger partial charge in [-0.15, -0.1) is 0 Å². The first kappa shape index (κ1) is 27.7. The Hall–Kier alpha value is -3.12. The van der Waals surface area contributed by atoms with Crippen LogP contribution in [0.15, 0.2) is 54.9 Å². The molecule has 2 aromatic carbocycles. The second-order valence-electron chi connectivity index (χ2n) is 13.9. The zero-order valence-corrected chi connectivity index (χ0v) is 25.2. The minimum atomic E-state index is -0.265. The summed E-state index contributed by atoms with van der Waals surface area (Å²) >= 11 is 0. The van der Waals surface area contributed by atoms with E-state index in [1.807, 2.05) is 6.20 Å². The molecule has 0 atom stereocenters. The van der Waals surface area contributed by atoms with Gasteiger partial charge in [0.05, 0.1) is 25.5 Å². The third-order valence-electron chi connectivity index (χ3n) is 11.2. The molecular weight excluding hydrogens is 522 g/mol. The van der Waals surface area contributed by atoms with Crippen molar-refractivity contribution in [2.75, 3.05) is 18.6 Å². The SMILES string of the molecule is COc1ccc(C23CCC(CN(C(=O)C4CCC(O)CC4)c4cccc(-c5cnn(C6CC6)c5)c4)(CC2)CC3)cc1C. The average molecular weight is 568 g/mol. The van der Waals surface area contributed by atoms with Crippen LogP contribution in [0.5, 0.6) is 5.75 Å². The fraction of sp³-hybridized carbons (Fsp3) is 0.556. The summed E-state index contributed by atoms with van der Waals surface area (Å²) in [6.07, 6.45) is 16.3. The highest BCUT2D eigenvalue weighted by molar-refractivity contribution is 5.96. The lowest BCUT2D eigenvalue weighted by Gasteiger charge is -2.55. The van der Waals surface area contributed by atoms with Gasteiger partial charge in [0, 0.05) is 29.9 Å². The van der Waals surface area contributed by atoms with Gasteiger partial charge in [-0.1, -0.05) is 24.3 Å². The van der Waals surface area contributed by atoms with Crippen LogP contribution in [0.3, 0.4) is 0 Å². The smallest absolute Gasteiger partial charge is 0.230 e. The Morgan fingerprint density at radius 1 is 0.976 bits per heavy atom. The molecule has 2 bridgehead atoms. The Balaban J connectivity index is 1.15. The number of ether oxygens (including phenoxy) is 1. The zero-order chi connectivity index (χ0) is 28.9. The number of rotatable bonds is 8. The van der Waals surface area contributed by atoms with E-state index >= 15 is 0 Å². The first-order valence-corrected chi connectivity index (χ1v) is 16.2. The Morgan fingerprint density at radius 2 is 1.71 bits per heavy atom. The lowest BCUT2D eigenvalue weighted by atomic mass is 9.51. The number of hydrogen-bond acceptors (Lipinski definition) is 4. The van der Waals surface area contributed by atoms with Gasteiger partial charge < -0.3 is 14.7 Å². The molecule has 3 aromatic rings. The molecule has 0 radical (unpaired) electrons. The van der Waals surface area contributed by atoms with Crippen LogP contribution in [0.2, 0.25) is 0 Å². The molecule has 8 rings (SSSR count). The number of methoxy groups -OCH3 is 1. The number of carbonyl (C=O) groups is 1. The van der Waals surface area contributed by atoms with Crippen LogP contribution in [-0.2, 0) is 10.2 Å². The number of carbonyl (C=O) groups excluding carboxylic acids is 1. The van der Waals surface area contributed by atoms with Crippen molar-refractivity contribution in [3.05, 3.63) is 66.0 Å². The largest absolute Gasteiger partial charge is 0.496 e. The molecule has 5 saturated carbocycles. The van der Waals surface area contributed by atoms with Crippen LogP contribution in [0.1, 0.15) is 94.2 Å². The molecule has 6 heteroatoms. The highest BCUT2D eigenvalue weighted by Gasteiger charge is 2.50. The van der Waals surface area contributed by atoms with Crippen molar-refractivity contribution in [3.63, 3.8) is 0 Å². The van der Waals surface area contributed by atoms with Gasteiger partial charge in [0.25, 0.3) is 0 Å². The lowest BCUT2D eigenvalue weighted by Crippen LogP contribution is -2.51. The number of nitrogens with zero attached hydrogens (tertiary/aromatic N) is 3. The molecule has 0 spiro atoms. The number of fused-ring (bicyclic) bond motifs is 3. The molecule has 42 heavy (non-hydrogen) atoms. The van der Waals surface area contributed by atoms with Gasteiger partial charge in [-0.2, -0.15) is 5.10 Å². The van der Waals surface area contributed by atoms with Crippen molar-refractivity contribution in [1.82, 2.24) is 9.78 Å². The van der Waals surface area contributed by atoms with Gasteiger partial charge in [-0.25, -0.2) is 0 Å². The number of aliphatic hydroxyl groups is 1. The number of benzene rings is 2. The average Bonchev–Trinajstić information content (AvgIpc) is 3.76. The summed E-state index contributed by atoms with van der Waals surface area (Å²) in [7, 11) is 1.75. The molecular formula is C36H45N3O3. The summed E-state index contributed by atoms with van der Waals surface area (Å²) in [5.74, 6) is 1.19. The fourth-order valence-corrected chi connectivity index (χ4v) is 8.20. The Morgan fingerprint density at radius 3 is 2.38 bits per heavy atom. The predicted molar refractivity (Wildman–Crippen MR) is 166 cm³/mol. The van der Waals surface area contributed by atoms with E-state index in [-0.39, 0.29) is 28.8 Å². The number of anilines is 1. The second-order valence-corrected chi connectivity index (χ2v) is 13.9. The minimum absolute atomic E-state index is 0.0142. The van der Waals surface area contributed by atoms with E-state index in [2.05, 4.69) is 70.3 Å². The van der Waals surface area contributed by atoms with Crippen LogP contribution >= 0.6 is 0 Å². The minimum Gasteiger partial charge on any atom is -0.496 e. The van der Waals surface area contributed by atoms with E-state index in [9.17, 15) is 9.90 Å². The number of aryl methyl sites for hydroxylation is 1. The maximum Gasteiger partial charge on any atom is 0.230 e. The van der Waals surface area contributed by atoms with Gasteiger partial charge >= 0.3 is 0 Å². The summed E-state index contributed by atoms with van der Waals surface area (Å²) in [6, 6.07) is 15.9. The first-order valence-electron chi connectivity index (χ1n) is 16.2. The van der Waals surface area contributed by atoms with E-state index in [4.69, 9.17) is 4.74 Å². The Bertz CT molecular complexity index is 1420. The maximum absolute atomic E-state index is 14.3. The molecule has 5 aliphatic carbocycles. The summed E-state index contributed by atoms with van der Waals surface area (Å²) in [5.41, 5.74) is 6.31. The third kappa shape index (κ3) is 5.16. The topological polar surface area (TPSA) is 67.6 Å². The van der Waals surface area contributed by atoms with Crippen LogP contribution in [-0.4, -0.2) is 40.6 Å². The molecule has 0 aliphatic heterocycles. The fourth-order valence-electron chi connectivity index (χ4n) is 8.20. The molecule has 1 heterocycles. The highest BCUT2D eigenvalue weighted by atomic mass is 16.5. The molecule has 1 amide bonds. The van der Waals surface area contributed by atoms with Crippen molar-refractivity contribution in [1.29, 1.82) is 0 Å². The maximum atomic E-state index is 14.3. The van der Waals surface area contributed by atoms with Crippen molar-refractivity contribution in [2.24, 2.45) is 11.3 Å². The number of aliphatic hydroxyl groups excluding tert-OH is 1. The normalized spacial score (nSPS) is 28.9. The number of amides is 1. The van der Waals surface area contributed by atoms with Gasteiger partial charge in [-0.3, -0.25) is 9.48 Å². The summed E-state index contributed by atoms with van der Waals surface area (Å²) in [4.78, 5) is 16.4. The highest BCUT2D eigenvalue weighted by Crippen LogP contribution is 2.58. The van der Waals surface area contributed by atoms with E-state index in [0.29, 0.717) is 6.04 Å². The lowest BCUT2D eigenvalue weighted by molar-refractivity contribution is -0.124. The molecule has 0 unspecified atom stereocenters. The Labute approximate surface area is 250 Å². The van der Waals surface area contributed by atoms with E-state index in [0.717, 1.165) is 74.1 Å².